The molecule has 3 aromatic rings. The Kier molecular flexibility index (Phi) is 4.03. The van der Waals surface area contributed by atoms with Gasteiger partial charge in [0.15, 0.2) is 0 Å². The van der Waals surface area contributed by atoms with Crippen LogP contribution in [0.4, 0.5) is 0 Å². The van der Waals surface area contributed by atoms with Crippen LogP contribution >= 0.6 is 11.8 Å². The maximum absolute atomic E-state index is 5.80. The smallest absolute Gasteiger partial charge is 0.283 e. The fraction of sp³-hybridized carbons (Fsp3) is 0.294. The quantitative estimate of drug-likeness (QED) is 0.680. The van der Waals surface area contributed by atoms with Gasteiger partial charge in [-0.3, -0.25) is 0 Å². The molecular formula is C17H17N5OS. The lowest BCUT2D eigenvalue weighted by Crippen LogP contribution is -2.28. The second-order valence-electron chi connectivity index (χ2n) is 5.93. The van der Waals surface area contributed by atoms with E-state index in [9.17, 15) is 0 Å². The predicted octanol–water partition coefficient (Wildman–Crippen LogP) is 2.97. The van der Waals surface area contributed by atoms with Crippen molar-refractivity contribution >= 4 is 11.8 Å². The third kappa shape index (κ3) is 3.05. The first-order valence-electron chi connectivity index (χ1n) is 7.79. The molecule has 0 atom stereocenters. The number of likely N-dealkylation sites (N-methyl/N-ethyl adjacent to an activating group) is 1. The van der Waals surface area contributed by atoms with Crippen LogP contribution in [0.15, 0.2) is 45.3 Å². The lowest BCUT2D eigenvalue weighted by molar-refractivity contribution is 0.305. The molecule has 0 N–H and O–H groups in total. The molecule has 0 amide bonds. The number of benzene rings is 1. The highest BCUT2D eigenvalue weighted by molar-refractivity contribution is 7.99. The van der Waals surface area contributed by atoms with Gasteiger partial charge in [0, 0.05) is 30.6 Å². The third-order valence-electron chi connectivity index (χ3n) is 4.04. The van der Waals surface area contributed by atoms with E-state index in [0.29, 0.717) is 11.1 Å². The summed E-state index contributed by atoms with van der Waals surface area (Å²) >= 11 is 1.40. The van der Waals surface area contributed by atoms with Crippen molar-refractivity contribution in [2.45, 2.75) is 30.1 Å². The fourth-order valence-corrected chi connectivity index (χ4v) is 3.46. The number of hydrogen-bond donors (Lipinski definition) is 0. The van der Waals surface area contributed by atoms with Crippen molar-refractivity contribution in [3.63, 3.8) is 0 Å². The van der Waals surface area contributed by atoms with Gasteiger partial charge in [-0.05, 0) is 37.9 Å². The molecule has 7 heteroatoms. The van der Waals surface area contributed by atoms with Gasteiger partial charge in [0.25, 0.3) is 5.22 Å². The summed E-state index contributed by atoms with van der Waals surface area (Å²) in [7, 11) is 2.10. The maximum atomic E-state index is 5.80. The van der Waals surface area contributed by atoms with Crippen molar-refractivity contribution in [3.8, 4) is 11.5 Å². The third-order valence-corrected chi connectivity index (χ3v) is 4.93. The molecule has 0 bridgehead atoms. The number of hydrogen-bond acceptors (Lipinski definition) is 7. The Balaban J connectivity index is 1.60. The van der Waals surface area contributed by atoms with E-state index in [4.69, 9.17) is 4.42 Å². The molecule has 2 aromatic heterocycles. The Hall–Kier alpha value is -2.25. The highest BCUT2D eigenvalue weighted by Crippen LogP contribution is 2.32. The average Bonchev–Trinajstić information content (AvgIpc) is 3.05. The summed E-state index contributed by atoms with van der Waals surface area (Å²) in [6.45, 7) is 3.91. The standard InChI is InChI=1S/C17H17N5OS/c1-11-3-5-12(6-4-11)15-20-21-17(23-15)24-16-13-9-22(2)8-7-14(13)18-10-19-16/h3-6,10H,7-9H2,1-2H3. The molecule has 0 spiro atoms. The number of nitrogens with zero attached hydrogens (tertiary/aromatic N) is 5. The van der Waals surface area contributed by atoms with Gasteiger partial charge < -0.3 is 9.32 Å². The van der Waals surface area contributed by atoms with Crippen LogP contribution in [0.5, 0.6) is 0 Å². The molecule has 24 heavy (non-hydrogen) atoms. The van der Waals surface area contributed by atoms with Crippen LogP contribution in [0.2, 0.25) is 0 Å². The van der Waals surface area contributed by atoms with Crippen LogP contribution in [0, 0.1) is 6.92 Å². The second kappa shape index (κ2) is 6.33. The zero-order chi connectivity index (χ0) is 16.5. The summed E-state index contributed by atoms with van der Waals surface area (Å²) in [4.78, 5) is 11.1. The molecule has 0 unspecified atom stereocenters. The fourth-order valence-electron chi connectivity index (χ4n) is 2.68. The van der Waals surface area contributed by atoms with Crippen molar-refractivity contribution in [2.24, 2.45) is 0 Å². The number of fused-ring (bicyclic) bond motifs is 1. The first kappa shape index (κ1) is 15.3. The Morgan fingerprint density at radius 3 is 2.79 bits per heavy atom. The summed E-state index contributed by atoms with van der Waals surface area (Å²) in [6.07, 6.45) is 2.56. The molecule has 4 rings (SSSR count). The number of aromatic nitrogens is 4. The first-order chi connectivity index (χ1) is 11.7. The molecule has 1 aliphatic rings. The summed E-state index contributed by atoms with van der Waals surface area (Å²) < 4.78 is 5.80. The van der Waals surface area contributed by atoms with Crippen LogP contribution in [0.25, 0.3) is 11.5 Å². The average molecular weight is 339 g/mol. The summed E-state index contributed by atoms with van der Waals surface area (Å²) in [5, 5.41) is 9.69. The molecule has 0 aliphatic carbocycles. The summed E-state index contributed by atoms with van der Waals surface area (Å²) in [6, 6.07) is 8.03. The van der Waals surface area contributed by atoms with E-state index in [1.807, 2.05) is 31.2 Å². The highest BCUT2D eigenvalue weighted by Gasteiger charge is 2.21. The zero-order valence-corrected chi connectivity index (χ0v) is 14.4. The van der Waals surface area contributed by atoms with Crippen LogP contribution in [0.3, 0.4) is 0 Å². The van der Waals surface area contributed by atoms with Crippen LogP contribution in [0.1, 0.15) is 16.8 Å². The van der Waals surface area contributed by atoms with Gasteiger partial charge in [0.1, 0.15) is 11.4 Å². The predicted molar refractivity (Wildman–Crippen MR) is 90.7 cm³/mol. The van der Waals surface area contributed by atoms with E-state index in [2.05, 4.69) is 32.1 Å². The van der Waals surface area contributed by atoms with Gasteiger partial charge in [-0.2, -0.15) is 0 Å². The second-order valence-corrected chi connectivity index (χ2v) is 6.87. The van der Waals surface area contributed by atoms with Crippen LogP contribution < -0.4 is 0 Å². The van der Waals surface area contributed by atoms with E-state index in [1.165, 1.54) is 17.3 Å². The lowest BCUT2D eigenvalue weighted by Gasteiger charge is -2.24. The molecule has 1 aromatic carbocycles. The van der Waals surface area contributed by atoms with Crippen molar-refractivity contribution in [2.75, 3.05) is 13.6 Å². The van der Waals surface area contributed by atoms with E-state index in [1.54, 1.807) is 6.33 Å². The van der Waals surface area contributed by atoms with E-state index < -0.39 is 0 Å². The van der Waals surface area contributed by atoms with E-state index in [0.717, 1.165) is 41.4 Å². The minimum atomic E-state index is 0.500. The largest absolute Gasteiger partial charge is 0.411 e. The Labute approximate surface area is 144 Å². The monoisotopic (exact) mass is 339 g/mol. The molecule has 122 valence electrons. The normalized spacial score (nSPS) is 14.6. The zero-order valence-electron chi connectivity index (χ0n) is 13.6. The van der Waals surface area contributed by atoms with Gasteiger partial charge in [0.2, 0.25) is 5.89 Å². The minimum absolute atomic E-state index is 0.500. The molecule has 0 saturated heterocycles. The lowest BCUT2D eigenvalue weighted by atomic mass is 10.1. The van der Waals surface area contributed by atoms with E-state index in [-0.39, 0.29) is 0 Å². The van der Waals surface area contributed by atoms with Crippen LogP contribution in [-0.4, -0.2) is 38.7 Å². The summed E-state index contributed by atoms with van der Waals surface area (Å²) in [5.74, 6) is 0.526. The SMILES string of the molecule is Cc1ccc(-c2nnc(Sc3ncnc4c3CN(C)CC4)o2)cc1. The molecule has 0 saturated carbocycles. The molecule has 6 nitrogen and oxygen atoms in total. The first-order valence-corrected chi connectivity index (χ1v) is 8.60. The van der Waals surface area contributed by atoms with E-state index >= 15 is 0 Å². The van der Waals surface area contributed by atoms with Crippen molar-refractivity contribution in [1.82, 2.24) is 25.1 Å². The Morgan fingerprint density at radius 1 is 1.12 bits per heavy atom. The highest BCUT2D eigenvalue weighted by atomic mass is 32.2. The molecule has 0 radical (unpaired) electrons. The minimum Gasteiger partial charge on any atom is -0.411 e. The Bertz CT molecular complexity index is 862. The van der Waals surface area contributed by atoms with Gasteiger partial charge in [-0.15, -0.1) is 10.2 Å². The van der Waals surface area contributed by atoms with Crippen molar-refractivity contribution in [3.05, 3.63) is 47.4 Å². The maximum Gasteiger partial charge on any atom is 0.283 e. The summed E-state index contributed by atoms with van der Waals surface area (Å²) in [5.41, 5.74) is 4.39. The van der Waals surface area contributed by atoms with Gasteiger partial charge in [0.05, 0.1) is 5.69 Å². The number of aryl methyl sites for hydroxylation is 1. The topological polar surface area (TPSA) is 67.9 Å². The van der Waals surface area contributed by atoms with Crippen molar-refractivity contribution in [1.29, 1.82) is 0 Å². The van der Waals surface area contributed by atoms with Crippen molar-refractivity contribution < 1.29 is 4.42 Å². The van der Waals surface area contributed by atoms with Gasteiger partial charge in [-0.1, -0.05) is 17.7 Å². The molecule has 0 fully saturated rings. The van der Waals surface area contributed by atoms with Gasteiger partial charge >= 0.3 is 0 Å². The van der Waals surface area contributed by atoms with Crippen LogP contribution in [-0.2, 0) is 13.0 Å². The Morgan fingerprint density at radius 2 is 1.96 bits per heavy atom. The molecule has 1 aliphatic heterocycles. The molecule has 3 heterocycles. The number of rotatable bonds is 3. The molecular weight excluding hydrogens is 322 g/mol. The van der Waals surface area contributed by atoms with Gasteiger partial charge in [-0.25, -0.2) is 9.97 Å².